The van der Waals surface area contributed by atoms with Crippen molar-refractivity contribution < 1.29 is 17.9 Å². The monoisotopic (exact) mass is 388 g/mol. The highest BCUT2D eigenvalue weighted by atomic mass is 32.2. The summed E-state index contributed by atoms with van der Waals surface area (Å²) in [6, 6.07) is 0.130. The molecular weight excluding hydrogens is 356 g/mol. The van der Waals surface area contributed by atoms with Gasteiger partial charge in [-0.15, -0.1) is 0 Å². The van der Waals surface area contributed by atoms with E-state index in [2.05, 4.69) is 0 Å². The maximum absolute atomic E-state index is 12.9. The third-order valence-electron chi connectivity index (χ3n) is 5.78. The van der Waals surface area contributed by atoms with Gasteiger partial charge in [-0.05, 0) is 32.6 Å². The lowest BCUT2D eigenvalue weighted by Gasteiger charge is -2.40. The van der Waals surface area contributed by atoms with Crippen LogP contribution in [-0.4, -0.2) is 85.4 Å². The van der Waals surface area contributed by atoms with E-state index in [9.17, 15) is 13.2 Å². The highest BCUT2D eigenvalue weighted by Gasteiger charge is 2.37. The lowest BCUT2D eigenvalue weighted by molar-refractivity contribution is -0.133. The predicted molar refractivity (Wildman–Crippen MR) is 98.6 cm³/mol. The summed E-state index contributed by atoms with van der Waals surface area (Å²) in [4.78, 5) is 14.3. The van der Waals surface area contributed by atoms with Gasteiger partial charge in [0.25, 0.3) is 10.2 Å². The van der Waals surface area contributed by atoms with E-state index in [0.717, 1.165) is 19.3 Å². The minimum absolute atomic E-state index is 0.105. The minimum Gasteiger partial charge on any atom is -0.373 e. The van der Waals surface area contributed by atoms with Crippen LogP contribution < -0.4 is 5.73 Å². The molecule has 1 amide bonds. The van der Waals surface area contributed by atoms with Crippen molar-refractivity contribution in [2.24, 2.45) is 11.7 Å². The Labute approximate surface area is 156 Å². The number of morpholine rings is 1. The fourth-order valence-corrected chi connectivity index (χ4v) is 6.07. The highest BCUT2D eigenvalue weighted by Crippen LogP contribution is 2.27. The first-order valence-corrected chi connectivity index (χ1v) is 11.1. The first-order chi connectivity index (χ1) is 12.3. The molecule has 1 aliphatic carbocycles. The molecule has 2 heterocycles. The average molecular weight is 389 g/mol. The molecule has 0 radical (unpaired) electrons. The summed E-state index contributed by atoms with van der Waals surface area (Å²) in [6.45, 7) is 6.16. The highest BCUT2D eigenvalue weighted by molar-refractivity contribution is 7.86. The van der Waals surface area contributed by atoms with Gasteiger partial charge < -0.3 is 15.4 Å². The van der Waals surface area contributed by atoms with E-state index in [4.69, 9.17) is 10.5 Å². The molecule has 3 rings (SSSR count). The Bertz CT molecular complexity index is 596. The zero-order chi connectivity index (χ0) is 18.9. The molecular formula is C17H32N4O4S. The van der Waals surface area contributed by atoms with Crippen molar-refractivity contribution in [3.8, 4) is 0 Å². The number of rotatable bonds is 4. The van der Waals surface area contributed by atoms with Gasteiger partial charge in [0.15, 0.2) is 0 Å². The van der Waals surface area contributed by atoms with Crippen LogP contribution in [0.1, 0.15) is 39.5 Å². The van der Waals surface area contributed by atoms with E-state index >= 15 is 0 Å². The normalized spacial score (nSPS) is 35.0. The summed E-state index contributed by atoms with van der Waals surface area (Å²) >= 11 is 0. The summed E-state index contributed by atoms with van der Waals surface area (Å²) in [7, 11) is -3.50. The second-order valence-corrected chi connectivity index (χ2v) is 9.85. The van der Waals surface area contributed by atoms with Gasteiger partial charge in [0.1, 0.15) is 0 Å². The zero-order valence-electron chi connectivity index (χ0n) is 15.8. The van der Waals surface area contributed by atoms with Crippen LogP contribution in [-0.2, 0) is 19.7 Å². The predicted octanol–water partition coefficient (Wildman–Crippen LogP) is 0.00210. The Balaban J connectivity index is 1.53. The third-order valence-corrected chi connectivity index (χ3v) is 7.75. The summed E-state index contributed by atoms with van der Waals surface area (Å²) in [5, 5.41) is 0. The lowest BCUT2D eigenvalue weighted by Crippen LogP contribution is -2.57. The van der Waals surface area contributed by atoms with Crippen molar-refractivity contribution in [1.82, 2.24) is 13.5 Å². The Morgan fingerprint density at radius 3 is 2.19 bits per heavy atom. The van der Waals surface area contributed by atoms with Gasteiger partial charge in [-0.25, -0.2) is 0 Å². The zero-order valence-corrected chi connectivity index (χ0v) is 16.7. The molecule has 2 saturated heterocycles. The fraction of sp³-hybridized carbons (Fsp3) is 0.941. The SMILES string of the molecule is CC1CN(S(=O)(=O)N2CCN(C(=O)C[C@@H]3CCC[C@H]3N)CC2)CC(C)O1. The molecule has 2 N–H and O–H groups in total. The van der Waals surface area contributed by atoms with Crippen LogP contribution in [0.5, 0.6) is 0 Å². The van der Waals surface area contributed by atoms with Crippen molar-refractivity contribution in [3.05, 3.63) is 0 Å². The maximum Gasteiger partial charge on any atom is 0.282 e. The molecule has 2 aliphatic heterocycles. The fourth-order valence-electron chi connectivity index (χ4n) is 4.32. The standard InChI is InChI=1S/C17H32N4O4S/c1-13-11-21(12-14(2)25-13)26(23,24)20-8-6-19(7-9-20)17(22)10-15-4-3-5-16(15)18/h13-16H,3-12,18H2,1-2H3/t13?,14?,15-,16+/m0/s1. The average Bonchev–Trinajstić information content (AvgIpc) is 2.99. The van der Waals surface area contributed by atoms with E-state index in [-0.39, 0.29) is 30.1 Å². The van der Waals surface area contributed by atoms with Gasteiger partial charge in [-0.1, -0.05) is 6.42 Å². The number of nitrogens with zero attached hydrogens (tertiary/aromatic N) is 3. The largest absolute Gasteiger partial charge is 0.373 e. The molecule has 2 unspecified atom stereocenters. The molecule has 0 aromatic carbocycles. The second kappa shape index (κ2) is 8.10. The van der Waals surface area contributed by atoms with Crippen LogP contribution in [0.2, 0.25) is 0 Å². The maximum atomic E-state index is 12.9. The van der Waals surface area contributed by atoms with Gasteiger partial charge in [0, 0.05) is 51.7 Å². The Kier molecular flexibility index (Phi) is 6.23. The molecule has 1 saturated carbocycles. The molecule has 3 aliphatic rings. The van der Waals surface area contributed by atoms with Gasteiger partial charge in [-0.2, -0.15) is 17.0 Å². The van der Waals surface area contributed by atoms with Gasteiger partial charge >= 0.3 is 0 Å². The lowest BCUT2D eigenvalue weighted by atomic mass is 9.99. The molecule has 9 heteroatoms. The van der Waals surface area contributed by atoms with Crippen molar-refractivity contribution in [2.45, 2.75) is 57.8 Å². The molecule has 26 heavy (non-hydrogen) atoms. The van der Waals surface area contributed by atoms with Crippen molar-refractivity contribution in [3.63, 3.8) is 0 Å². The number of piperazine rings is 1. The smallest absolute Gasteiger partial charge is 0.282 e. The van der Waals surface area contributed by atoms with Gasteiger partial charge in [0.2, 0.25) is 5.91 Å². The van der Waals surface area contributed by atoms with Crippen LogP contribution in [0.4, 0.5) is 0 Å². The molecule has 150 valence electrons. The molecule has 0 spiro atoms. The van der Waals surface area contributed by atoms with E-state index in [0.29, 0.717) is 45.7 Å². The Morgan fingerprint density at radius 2 is 1.65 bits per heavy atom. The summed E-state index contributed by atoms with van der Waals surface area (Å²) in [5.74, 6) is 0.388. The van der Waals surface area contributed by atoms with Gasteiger partial charge in [-0.3, -0.25) is 4.79 Å². The quantitative estimate of drug-likeness (QED) is 0.731. The number of hydrogen-bond donors (Lipinski definition) is 1. The van der Waals surface area contributed by atoms with Gasteiger partial charge in [0.05, 0.1) is 12.2 Å². The number of carbonyl (C=O) groups is 1. The molecule has 3 fully saturated rings. The van der Waals surface area contributed by atoms with E-state index in [1.165, 1.54) is 8.61 Å². The minimum atomic E-state index is -3.50. The van der Waals surface area contributed by atoms with Crippen LogP contribution >= 0.6 is 0 Å². The number of hydrogen-bond acceptors (Lipinski definition) is 5. The molecule has 0 aromatic heterocycles. The van der Waals surface area contributed by atoms with Crippen molar-refractivity contribution >= 4 is 16.1 Å². The Morgan fingerprint density at radius 1 is 1.04 bits per heavy atom. The van der Waals surface area contributed by atoms with Crippen molar-refractivity contribution in [2.75, 3.05) is 39.3 Å². The summed E-state index contributed by atoms with van der Waals surface area (Å²) in [6.07, 6.45) is 3.40. The summed E-state index contributed by atoms with van der Waals surface area (Å²) < 4.78 is 34.5. The molecule has 4 atom stereocenters. The molecule has 0 aromatic rings. The van der Waals surface area contributed by atoms with E-state index in [1.807, 2.05) is 13.8 Å². The first-order valence-electron chi connectivity index (χ1n) is 9.71. The summed E-state index contributed by atoms with van der Waals surface area (Å²) in [5.41, 5.74) is 6.07. The van der Waals surface area contributed by atoms with Crippen LogP contribution in [0.3, 0.4) is 0 Å². The number of amides is 1. The Hall–Kier alpha value is -0.740. The van der Waals surface area contributed by atoms with E-state index in [1.54, 1.807) is 4.90 Å². The van der Waals surface area contributed by atoms with Crippen LogP contribution in [0.15, 0.2) is 0 Å². The van der Waals surface area contributed by atoms with Crippen LogP contribution in [0, 0.1) is 5.92 Å². The first kappa shape index (κ1) is 20.0. The van der Waals surface area contributed by atoms with Crippen molar-refractivity contribution in [1.29, 1.82) is 0 Å². The van der Waals surface area contributed by atoms with Crippen LogP contribution in [0.25, 0.3) is 0 Å². The van der Waals surface area contributed by atoms with E-state index < -0.39 is 10.2 Å². The number of ether oxygens (including phenoxy) is 1. The number of carbonyl (C=O) groups excluding carboxylic acids is 1. The third kappa shape index (κ3) is 4.39. The molecule has 0 bridgehead atoms. The molecule has 8 nitrogen and oxygen atoms in total. The second-order valence-electron chi connectivity index (χ2n) is 7.92. The topological polar surface area (TPSA) is 96.2 Å². The number of nitrogens with two attached hydrogens (primary N) is 1.